The molecule has 0 N–H and O–H groups in total. The van der Waals surface area contributed by atoms with Crippen molar-refractivity contribution in [1.29, 1.82) is 0 Å². The fourth-order valence-electron chi connectivity index (χ4n) is 1.82. The Morgan fingerprint density at radius 2 is 0.643 bits per heavy atom. The van der Waals surface area contributed by atoms with Crippen LogP contribution in [0.1, 0.15) is 0 Å². The Kier molecular flexibility index (Phi) is 15.1. The second-order valence-electron chi connectivity index (χ2n) is 6.58. The first kappa shape index (κ1) is 41.1. The van der Waals surface area contributed by atoms with E-state index in [2.05, 4.69) is 19.9 Å². The van der Waals surface area contributed by atoms with E-state index in [-0.39, 0.29) is 16.8 Å². The van der Waals surface area contributed by atoms with Crippen LogP contribution in [0, 0.1) is 12.9 Å². The zero-order valence-corrected chi connectivity index (χ0v) is 21.5. The summed E-state index contributed by atoms with van der Waals surface area (Å²) in [5.74, 6) is 0. The number of nitrogens with zero attached hydrogens (tertiary/aromatic N) is 4. The molecule has 4 nitrogen and oxygen atoms in total. The summed E-state index contributed by atoms with van der Waals surface area (Å²) in [5, 5.41) is 2.18. The Hall–Kier alpha value is -3.06. The summed E-state index contributed by atoms with van der Waals surface area (Å²) in [6.07, 6.45) is -10.9. The minimum atomic E-state index is -10.7. The van der Waals surface area contributed by atoms with E-state index in [1.54, 1.807) is 24.8 Å². The third-order valence-electron chi connectivity index (χ3n) is 3.18. The normalized spacial score (nSPS) is 12.9. The van der Waals surface area contributed by atoms with Gasteiger partial charge in [0.1, 0.15) is 12.9 Å². The monoisotopic (exact) mass is 702 g/mol. The summed E-state index contributed by atoms with van der Waals surface area (Å²) in [6, 6.07) is 15.6. The van der Waals surface area contributed by atoms with E-state index < -0.39 is 33.0 Å². The van der Waals surface area contributed by atoms with Crippen LogP contribution in [0.15, 0.2) is 73.3 Å². The maximum absolute atomic E-state index is 10.7. The van der Waals surface area contributed by atoms with Gasteiger partial charge in [-0.2, -0.15) is 0 Å². The van der Waals surface area contributed by atoms with E-state index in [0.29, 0.717) is 0 Å². The largest absolute Gasteiger partial charge is 3.00 e. The molecule has 0 aliphatic carbocycles. The molecule has 0 atom stereocenters. The minimum absolute atomic E-state index is 0. The molecule has 0 saturated heterocycles. The summed E-state index contributed by atoms with van der Waals surface area (Å²) < 4.78 is 163. The van der Waals surface area contributed by atoms with Crippen LogP contribution in [-0.4, -0.2) is 32.3 Å². The molecule has 0 unspecified atom stereocenters. The summed E-state index contributed by atoms with van der Waals surface area (Å²) in [7, 11) is -10.7. The van der Waals surface area contributed by atoms with Gasteiger partial charge >= 0.3 is 62.1 Å². The number of alkyl halides is 6. The van der Waals surface area contributed by atoms with Gasteiger partial charge < -0.3 is 17.6 Å². The summed E-state index contributed by atoms with van der Waals surface area (Å²) in [6.45, 7) is 0. The van der Waals surface area contributed by atoms with Crippen molar-refractivity contribution in [1.82, 2.24) is 19.9 Å². The number of halogens is 16. The molecule has 0 radical (unpaired) electrons. The van der Waals surface area contributed by atoms with Crippen LogP contribution in [0.4, 0.5) is 69.1 Å². The van der Waals surface area contributed by atoms with Crippen molar-refractivity contribution >= 4 is 29.9 Å². The average molecular weight is 702 g/mol. The van der Waals surface area contributed by atoms with Crippen molar-refractivity contribution in [3.05, 3.63) is 86.2 Å². The van der Waals surface area contributed by atoms with Gasteiger partial charge in [-0.1, -0.05) is 0 Å². The van der Waals surface area contributed by atoms with Crippen LogP contribution in [0.2, 0.25) is 0 Å². The van der Waals surface area contributed by atoms with Crippen molar-refractivity contribution < 1.29 is 85.9 Å². The molecule has 0 aromatic carbocycles. The van der Waals surface area contributed by atoms with Gasteiger partial charge in [0.2, 0.25) is 0 Å². The Labute approximate surface area is 234 Å². The van der Waals surface area contributed by atoms with Crippen LogP contribution >= 0.6 is 7.81 Å². The standard InChI is InChI=1S/2C8H6N2.2C2F5.Co.F6P/c2*1-3-7-4-2-6-10-8(7)9-5-1;2*3-1(4)2(5,6)7;;1-7(2,3,4,5)6/h2*1-6H;;;;/q;;2*-1;+3;-1. The molecule has 0 saturated carbocycles. The number of fused-ring (bicyclic) bond motifs is 2. The Bertz CT molecular complexity index is 1100. The van der Waals surface area contributed by atoms with Gasteiger partial charge in [0.15, 0.2) is 11.3 Å². The van der Waals surface area contributed by atoms with Gasteiger partial charge in [0.25, 0.3) is 0 Å². The van der Waals surface area contributed by atoms with E-state index in [1.807, 2.05) is 48.5 Å². The molecule has 0 aliphatic rings. The van der Waals surface area contributed by atoms with E-state index in [0.717, 1.165) is 22.1 Å². The Balaban J connectivity index is 0. The van der Waals surface area contributed by atoms with E-state index in [9.17, 15) is 69.1 Å². The molecule has 4 heterocycles. The molecule has 0 bridgehead atoms. The van der Waals surface area contributed by atoms with Gasteiger partial charge in [-0.25, -0.2) is 46.3 Å². The van der Waals surface area contributed by atoms with Gasteiger partial charge in [0.05, 0.1) is 0 Å². The summed E-state index contributed by atoms with van der Waals surface area (Å²) in [5.41, 5.74) is 1.62. The molecule has 22 heteroatoms. The van der Waals surface area contributed by atoms with Gasteiger partial charge in [0, 0.05) is 35.6 Å². The molecule has 4 aromatic heterocycles. The number of hydrogen-bond donors (Lipinski definition) is 0. The van der Waals surface area contributed by atoms with Crippen LogP contribution in [0.5, 0.6) is 0 Å². The SMILES string of the molecule is F[C-](F)C(F)(F)F.F[C-](F)C(F)(F)F.F[P-](F)(F)(F)(F)F.[Co+3].c1cnc2ncccc2c1.c1cnc2ncccc2c1. The van der Waals surface area contributed by atoms with Gasteiger partial charge in [-0.3, -0.25) is 0 Å². The average Bonchev–Trinajstić information content (AvgIpc) is 2.82. The minimum Gasteiger partial charge on any atom is -0.237 e. The third kappa shape index (κ3) is 23.6. The molecule has 0 amide bonds. The maximum atomic E-state index is 10.4. The number of hydrogen-bond acceptors (Lipinski definition) is 4. The zero-order valence-electron chi connectivity index (χ0n) is 19.5. The summed E-state index contributed by atoms with van der Waals surface area (Å²) in [4.78, 5) is 16.3. The van der Waals surface area contributed by atoms with Crippen molar-refractivity contribution in [2.24, 2.45) is 0 Å². The predicted molar refractivity (Wildman–Crippen MR) is 116 cm³/mol. The van der Waals surface area contributed by atoms with Crippen molar-refractivity contribution in [3.8, 4) is 0 Å². The quantitative estimate of drug-likeness (QED) is 0.104. The van der Waals surface area contributed by atoms with Crippen molar-refractivity contribution in [2.75, 3.05) is 0 Å². The van der Waals surface area contributed by atoms with Crippen molar-refractivity contribution in [2.45, 2.75) is 12.4 Å². The van der Waals surface area contributed by atoms with Crippen LogP contribution < -0.4 is 0 Å². The van der Waals surface area contributed by atoms with Crippen LogP contribution in [0.3, 0.4) is 0 Å². The number of aromatic nitrogens is 4. The third-order valence-corrected chi connectivity index (χ3v) is 3.18. The summed E-state index contributed by atoms with van der Waals surface area (Å²) >= 11 is 0. The molecular weight excluding hydrogens is 690 g/mol. The topological polar surface area (TPSA) is 51.6 Å². The van der Waals surface area contributed by atoms with Crippen molar-refractivity contribution in [3.63, 3.8) is 0 Å². The molecular formula is C20H12CoF16N4P. The number of pyridine rings is 4. The predicted octanol–water partition coefficient (Wildman–Crippen LogP) is 10.6. The van der Waals surface area contributed by atoms with Crippen LogP contribution in [0.25, 0.3) is 22.1 Å². The molecule has 0 spiro atoms. The molecule has 238 valence electrons. The molecule has 4 rings (SSSR count). The molecule has 4 aromatic rings. The molecule has 0 fully saturated rings. The van der Waals surface area contributed by atoms with E-state index in [1.165, 1.54) is 0 Å². The molecule has 0 aliphatic heterocycles. The smallest absolute Gasteiger partial charge is 0.237 e. The second kappa shape index (κ2) is 15.4. The van der Waals surface area contributed by atoms with E-state index in [4.69, 9.17) is 0 Å². The van der Waals surface area contributed by atoms with Crippen LogP contribution in [-0.2, 0) is 16.8 Å². The fourth-order valence-corrected chi connectivity index (χ4v) is 1.82. The first-order valence-corrected chi connectivity index (χ1v) is 11.7. The number of rotatable bonds is 0. The van der Waals surface area contributed by atoms with Gasteiger partial charge in [-0.15, -0.1) is 0 Å². The van der Waals surface area contributed by atoms with Gasteiger partial charge in [-0.05, 0) is 48.5 Å². The maximum Gasteiger partial charge on any atom is 3.00 e. The first-order valence-electron chi connectivity index (χ1n) is 9.65. The van der Waals surface area contributed by atoms with E-state index >= 15 is 0 Å². The Morgan fingerprint density at radius 3 is 0.762 bits per heavy atom. The zero-order chi connectivity index (χ0) is 32.2. The second-order valence-corrected chi connectivity index (χ2v) is 8.50. The first-order chi connectivity index (χ1) is 18.3. The Morgan fingerprint density at radius 1 is 0.476 bits per heavy atom. The fraction of sp³-hybridized carbons (Fsp3) is 0.100. The molecule has 42 heavy (non-hydrogen) atoms.